The molecule has 2 unspecified atom stereocenters. The zero-order valence-electron chi connectivity index (χ0n) is 11.8. The molecule has 0 aliphatic rings. The summed E-state index contributed by atoms with van der Waals surface area (Å²) >= 11 is 0. The molecule has 2 atom stereocenters. The SMILES string of the molecule is CCC(C)C(C)n1c(C)nc2ccc(C(=O)O)cc21. The highest BCUT2D eigenvalue weighted by molar-refractivity contribution is 5.92. The number of carboxylic acid groups (broad SMARTS) is 1. The lowest BCUT2D eigenvalue weighted by atomic mass is 10.0. The first-order valence-electron chi connectivity index (χ1n) is 6.67. The summed E-state index contributed by atoms with van der Waals surface area (Å²) in [6, 6.07) is 5.41. The van der Waals surface area contributed by atoms with Gasteiger partial charge < -0.3 is 9.67 Å². The van der Waals surface area contributed by atoms with Crippen molar-refractivity contribution in [2.45, 2.75) is 40.2 Å². The van der Waals surface area contributed by atoms with Crippen molar-refractivity contribution in [3.63, 3.8) is 0 Å². The highest BCUT2D eigenvalue weighted by atomic mass is 16.4. The van der Waals surface area contributed by atoms with Crippen LogP contribution in [0, 0.1) is 12.8 Å². The minimum absolute atomic E-state index is 0.305. The Morgan fingerprint density at radius 1 is 1.42 bits per heavy atom. The Balaban J connectivity index is 2.61. The Bertz CT molecular complexity index is 616. The molecular weight excluding hydrogens is 240 g/mol. The summed E-state index contributed by atoms with van der Waals surface area (Å²) in [6.07, 6.45) is 1.08. The van der Waals surface area contributed by atoms with Crippen LogP contribution in [0.25, 0.3) is 11.0 Å². The van der Waals surface area contributed by atoms with Gasteiger partial charge in [0.2, 0.25) is 0 Å². The van der Waals surface area contributed by atoms with E-state index in [0.29, 0.717) is 17.5 Å². The maximum absolute atomic E-state index is 11.1. The third-order valence-electron chi connectivity index (χ3n) is 3.99. The van der Waals surface area contributed by atoms with Gasteiger partial charge in [-0.3, -0.25) is 0 Å². The normalized spacial score (nSPS) is 14.5. The number of hydrogen-bond donors (Lipinski definition) is 1. The molecule has 4 nitrogen and oxygen atoms in total. The van der Waals surface area contributed by atoms with Gasteiger partial charge in [-0.1, -0.05) is 20.3 Å². The van der Waals surface area contributed by atoms with E-state index in [1.54, 1.807) is 18.2 Å². The van der Waals surface area contributed by atoms with Gasteiger partial charge in [-0.25, -0.2) is 9.78 Å². The molecule has 102 valence electrons. The van der Waals surface area contributed by atoms with Gasteiger partial charge in [-0.2, -0.15) is 0 Å². The quantitative estimate of drug-likeness (QED) is 0.912. The van der Waals surface area contributed by atoms with Crippen molar-refractivity contribution < 1.29 is 9.90 Å². The topological polar surface area (TPSA) is 55.1 Å². The molecule has 0 aliphatic heterocycles. The number of nitrogens with zero attached hydrogens (tertiary/aromatic N) is 2. The third-order valence-corrected chi connectivity index (χ3v) is 3.99. The molecular formula is C15H20N2O2. The first-order valence-corrected chi connectivity index (χ1v) is 6.67. The van der Waals surface area contributed by atoms with Crippen LogP contribution in [-0.4, -0.2) is 20.6 Å². The minimum atomic E-state index is -0.900. The maximum atomic E-state index is 11.1. The van der Waals surface area contributed by atoms with Crippen molar-refractivity contribution in [2.24, 2.45) is 5.92 Å². The molecule has 0 saturated heterocycles. The molecule has 4 heteroatoms. The summed E-state index contributed by atoms with van der Waals surface area (Å²) in [6.45, 7) is 8.50. The van der Waals surface area contributed by atoms with Crippen molar-refractivity contribution in [3.8, 4) is 0 Å². The van der Waals surface area contributed by atoms with Crippen LogP contribution in [0.4, 0.5) is 0 Å². The van der Waals surface area contributed by atoms with Gasteiger partial charge in [-0.05, 0) is 38.0 Å². The minimum Gasteiger partial charge on any atom is -0.478 e. The maximum Gasteiger partial charge on any atom is 0.335 e. The monoisotopic (exact) mass is 260 g/mol. The van der Waals surface area contributed by atoms with Gasteiger partial charge in [0.25, 0.3) is 0 Å². The lowest BCUT2D eigenvalue weighted by Crippen LogP contribution is -2.14. The predicted octanol–water partition coefficient (Wildman–Crippen LogP) is 3.65. The molecule has 0 spiro atoms. The first-order chi connectivity index (χ1) is 8.95. The fourth-order valence-electron chi connectivity index (χ4n) is 2.46. The molecule has 1 aromatic carbocycles. The van der Waals surface area contributed by atoms with Gasteiger partial charge in [0, 0.05) is 6.04 Å². The van der Waals surface area contributed by atoms with Crippen LogP contribution in [-0.2, 0) is 0 Å². The Labute approximate surface area is 113 Å². The fourth-order valence-corrected chi connectivity index (χ4v) is 2.46. The van der Waals surface area contributed by atoms with Crippen molar-refractivity contribution in [2.75, 3.05) is 0 Å². The largest absolute Gasteiger partial charge is 0.478 e. The Morgan fingerprint density at radius 3 is 2.68 bits per heavy atom. The van der Waals surface area contributed by atoms with E-state index >= 15 is 0 Å². The second-order valence-electron chi connectivity index (χ2n) is 5.16. The standard InChI is InChI=1S/C15H20N2O2/c1-5-9(2)10(3)17-11(4)16-13-7-6-12(15(18)19)8-14(13)17/h6-10H,5H2,1-4H3,(H,18,19). The smallest absolute Gasteiger partial charge is 0.335 e. The molecule has 0 amide bonds. The molecule has 1 N–H and O–H groups in total. The number of aryl methyl sites for hydroxylation is 1. The van der Waals surface area contributed by atoms with E-state index in [4.69, 9.17) is 5.11 Å². The van der Waals surface area contributed by atoms with E-state index in [1.807, 2.05) is 6.92 Å². The first kappa shape index (κ1) is 13.6. The van der Waals surface area contributed by atoms with Crippen LogP contribution < -0.4 is 0 Å². The second kappa shape index (κ2) is 5.03. The summed E-state index contributed by atoms with van der Waals surface area (Å²) in [7, 11) is 0. The van der Waals surface area contributed by atoms with Crippen molar-refractivity contribution in [3.05, 3.63) is 29.6 Å². The van der Waals surface area contributed by atoms with E-state index in [1.165, 1.54) is 0 Å². The second-order valence-corrected chi connectivity index (χ2v) is 5.16. The van der Waals surface area contributed by atoms with Crippen molar-refractivity contribution in [1.82, 2.24) is 9.55 Å². The summed E-state index contributed by atoms with van der Waals surface area (Å²) in [4.78, 5) is 15.6. The average molecular weight is 260 g/mol. The van der Waals surface area contributed by atoms with E-state index < -0.39 is 5.97 Å². The van der Waals surface area contributed by atoms with Crippen molar-refractivity contribution in [1.29, 1.82) is 0 Å². The number of aromatic nitrogens is 2. The summed E-state index contributed by atoms with van der Waals surface area (Å²) in [5.41, 5.74) is 2.08. The van der Waals surface area contributed by atoms with Crippen LogP contribution in [0.5, 0.6) is 0 Å². The molecule has 0 fully saturated rings. The zero-order chi connectivity index (χ0) is 14.2. The number of carboxylic acids is 1. The Morgan fingerprint density at radius 2 is 2.11 bits per heavy atom. The average Bonchev–Trinajstić information content (AvgIpc) is 2.71. The van der Waals surface area contributed by atoms with E-state index in [0.717, 1.165) is 23.3 Å². The number of rotatable bonds is 4. The molecule has 19 heavy (non-hydrogen) atoms. The number of aromatic carboxylic acids is 1. The molecule has 0 saturated carbocycles. The number of fused-ring (bicyclic) bond motifs is 1. The molecule has 2 rings (SSSR count). The molecule has 0 bridgehead atoms. The lowest BCUT2D eigenvalue weighted by Gasteiger charge is -2.22. The highest BCUT2D eigenvalue weighted by Crippen LogP contribution is 2.27. The Hall–Kier alpha value is -1.84. The van der Waals surface area contributed by atoms with Crippen LogP contribution in [0.2, 0.25) is 0 Å². The summed E-state index contributed by atoms with van der Waals surface area (Å²) in [5, 5.41) is 9.11. The van der Waals surface area contributed by atoms with Crippen LogP contribution in [0.3, 0.4) is 0 Å². The van der Waals surface area contributed by atoms with E-state index in [-0.39, 0.29) is 0 Å². The number of benzene rings is 1. The third kappa shape index (κ3) is 2.35. The molecule has 1 aromatic heterocycles. The van der Waals surface area contributed by atoms with Crippen molar-refractivity contribution >= 4 is 17.0 Å². The molecule has 0 radical (unpaired) electrons. The summed E-state index contributed by atoms with van der Waals surface area (Å²) in [5.74, 6) is 0.554. The van der Waals surface area contributed by atoms with Gasteiger partial charge in [0.15, 0.2) is 0 Å². The van der Waals surface area contributed by atoms with E-state index in [2.05, 4.69) is 30.3 Å². The van der Waals surface area contributed by atoms with Gasteiger partial charge in [0.05, 0.1) is 16.6 Å². The lowest BCUT2D eigenvalue weighted by molar-refractivity contribution is 0.0697. The summed E-state index contributed by atoms with van der Waals surface area (Å²) < 4.78 is 2.15. The number of hydrogen-bond acceptors (Lipinski definition) is 2. The number of carbonyl (C=O) groups is 1. The zero-order valence-corrected chi connectivity index (χ0v) is 11.8. The van der Waals surface area contributed by atoms with Gasteiger partial charge in [0.1, 0.15) is 5.82 Å². The van der Waals surface area contributed by atoms with Crippen LogP contribution >= 0.6 is 0 Å². The van der Waals surface area contributed by atoms with Crippen LogP contribution in [0.15, 0.2) is 18.2 Å². The Kier molecular flexibility index (Phi) is 3.60. The van der Waals surface area contributed by atoms with Gasteiger partial charge >= 0.3 is 5.97 Å². The molecule has 1 heterocycles. The highest BCUT2D eigenvalue weighted by Gasteiger charge is 2.18. The predicted molar refractivity (Wildman–Crippen MR) is 75.6 cm³/mol. The van der Waals surface area contributed by atoms with E-state index in [9.17, 15) is 4.79 Å². The number of imidazole rings is 1. The molecule has 2 aromatic rings. The fraction of sp³-hybridized carbons (Fsp3) is 0.467. The molecule has 0 aliphatic carbocycles. The van der Waals surface area contributed by atoms with Gasteiger partial charge in [-0.15, -0.1) is 0 Å². The van der Waals surface area contributed by atoms with Crippen LogP contribution in [0.1, 0.15) is 49.4 Å².